The molecule has 1 heterocycles. The zero-order valence-electron chi connectivity index (χ0n) is 9.53. The summed E-state index contributed by atoms with van der Waals surface area (Å²) in [7, 11) is 0. The monoisotopic (exact) mass is 253 g/mol. The van der Waals surface area contributed by atoms with Crippen LogP contribution in [0.1, 0.15) is 18.4 Å². The van der Waals surface area contributed by atoms with Crippen molar-refractivity contribution in [1.29, 1.82) is 0 Å². The van der Waals surface area contributed by atoms with Gasteiger partial charge in [0, 0.05) is 22.8 Å². The van der Waals surface area contributed by atoms with Crippen LogP contribution in [0.4, 0.5) is 5.69 Å². The summed E-state index contributed by atoms with van der Waals surface area (Å²) in [4.78, 5) is 13.3. The van der Waals surface area contributed by atoms with Crippen molar-refractivity contribution in [3.8, 4) is 0 Å². The van der Waals surface area contributed by atoms with E-state index in [0.717, 1.165) is 24.9 Å². The van der Waals surface area contributed by atoms with Crippen LogP contribution in [0.25, 0.3) is 0 Å². The van der Waals surface area contributed by atoms with Crippen molar-refractivity contribution in [2.24, 2.45) is 5.73 Å². The largest absolute Gasteiger partial charge is 0.398 e. The summed E-state index contributed by atoms with van der Waals surface area (Å²) in [6, 6.07) is 5.25. The van der Waals surface area contributed by atoms with Crippen molar-refractivity contribution in [2.75, 3.05) is 12.3 Å². The van der Waals surface area contributed by atoms with Crippen LogP contribution in [0, 0.1) is 0 Å². The fraction of sp³-hybridized carbons (Fsp3) is 0.417. The summed E-state index contributed by atoms with van der Waals surface area (Å²) < 4.78 is 0. The van der Waals surface area contributed by atoms with Crippen molar-refractivity contribution in [3.05, 3.63) is 28.8 Å². The number of amides is 1. The van der Waals surface area contributed by atoms with E-state index < -0.39 is 0 Å². The maximum absolute atomic E-state index is 11.3. The maximum atomic E-state index is 11.3. The van der Waals surface area contributed by atoms with Gasteiger partial charge in [0.1, 0.15) is 0 Å². The van der Waals surface area contributed by atoms with E-state index in [4.69, 9.17) is 23.1 Å². The fourth-order valence-electron chi connectivity index (χ4n) is 2.28. The zero-order valence-corrected chi connectivity index (χ0v) is 10.3. The average molecular weight is 254 g/mol. The second kappa shape index (κ2) is 4.94. The number of nitrogens with zero attached hydrogens (tertiary/aromatic N) is 1. The molecule has 1 amide bonds. The summed E-state index contributed by atoms with van der Waals surface area (Å²) in [5.74, 6) is -0.270. The highest BCUT2D eigenvalue weighted by molar-refractivity contribution is 6.31. The summed E-state index contributed by atoms with van der Waals surface area (Å²) in [6.07, 6.45) is 1.80. The number of halogens is 1. The molecule has 4 nitrogen and oxygen atoms in total. The molecule has 0 aromatic heterocycles. The lowest BCUT2D eigenvalue weighted by Gasteiger charge is -2.23. The minimum Gasteiger partial charge on any atom is -0.398 e. The number of likely N-dealkylation sites (tertiary alicyclic amines) is 1. The van der Waals surface area contributed by atoms with Gasteiger partial charge in [0.25, 0.3) is 0 Å². The highest BCUT2D eigenvalue weighted by atomic mass is 35.5. The molecule has 1 aromatic carbocycles. The Bertz CT molecular complexity index is 416. The van der Waals surface area contributed by atoms with Crippen LogP contribution >= 0.6 is 11.6 Å². The van der Waals surface area contributed by atoms with E-state index in [-0.39, 0.29) is 11.9 Å². The van der Waals surface area contributed by atoms with Gasteiger partial charge in [-0.1, -0.05) is 17.7 Å². The van der Waals surface area contributed by atoms with E-state index in [0.29, 0.717) is 17.3 Å². The smallest absolute Gasteiger partial charge is 0.234 e. The standard InChI is InChI=1S/C12H16ClN3O/c13-9-3-1-4-10(14)8(9)7-16-6-2-5-11(16)12(15)17/h1,3-4,11H,2,5-7,14H2,(H2,15,17). The van der Waals surface area contributed by atoms with Crippen LogP contribution in [-0.4, -0.2) is 23.4 Å². The predicted molar refractivity (Wildman–Crippen MR) is 68.5 cm³/mol. The first-order chi connectivity index (χ1) is 8.09. The van der Waals surface area contributed by atoms with Crippen LogP contribution in [0.2, 0.25) is 5.02 Å². The summed E-state index contributed by atoms with van der Waals surface area (Å²) in [5.41, 5.74) is 12.8. The fourth-order valence-corrected chi connectivity index (χ4v) is 2.52. The second-order valence-electron chi connectivity index (χ2n) is 4.34. The molecule has 5 heteroatoms. The van der Waals surface area contributed by atoms with E-state index in [1.807, 2.05) is 23.1 Å². The number of rotatable bonds is 3. The van der Waals surface area contributed by atoms with Gasteiger partial charge < -0.3 is 11.5 Å². The van der Waals surface area contributed by atoms with Crippen molar-refractivity contribution in [2.45, 2.75) is 25.4 Å². The predicted octanol–water partition coefficient (Wildman–Crippen LogP) is 1.37. The molecule has 17 heavy (non-hydrogen) atoms. The maximum Gasteiger partial charge on any atom is 0.234 e. The third-order valence-electron chi connectivity index (χ3n) is 3.21. The Labute approximate surface area is 106 Å². The lowest BCUT2D eigenvalue weighted by atomic mass is 10.1. The van der Waals surface area contributed by atoms with Crippen LogP contribution in [-0.2, 0) is 11.3 Å². The summed E-state index contributed by atoms with van der Waals surface area (Å²) in [6.45, 7) is 1.44. The Morgan fingerprint density at radius 3 is 2.94 bits per heavy atom. The molecule has 0 bridgehead atoms. The van der Waals surface area contributed by atoms with Crippen molar-refractivity contribution >= 4 is 23.2 Å². The SMILES string of the molecule is NC(=O)C1CCCN1Cc1c(N)cccc1Cl. The molecule has 92 valence electrons. The zero-order chi connectivity index (χ0) is 12.4. The molecule has 1 aromatic rings. The van der Waals surface area contributed by atoms with E-state index in [2.05, 4.69) is 0 Å². The minimum atomic E-state index is -0.270. The highest BCUT2D eigenvalue weighted by Crippen LogP contribution is 2.27. The van der Waals surface area contributed by atoms with E-state index >= 15 is 0 Å². The number of benzene rings is 1. The van der Waals surface area contributed by atoms with Gasteiger partial charge in [-0.25, -0.2) is 0 Å². The normalized spacial score (nSPS) is 20.6. The second-order valence-corrected chi connectivity index (χ2v) is 4.75. The first-order valence-electron chi connectivity index (χ1n) is 5.66. The number of carbonyl (C=O) groups is 1. The Morgan fingerprint density at radius 1 is 1.53 bits per heavy atom. The molecule has 4 N–H and O–H groups in total. The third kappa shape index (κ3) is 2.53. The molecule has 2 rings (SSSR count). The number of hydrogen-bond donors (Lipinski definition) is 2. The quantitative estimate of drug-likeness (QED) is 0.800. The highest BCUT2D eigenvalue weighted by Gasteiger charge is 2.29. The van der Waals surface area contributed by atoms with E-state index in [9.17, 15) is 4.79 Å². The molecule has 0 aliphatic carbocycles. The first kappa shape index (κ1) is 12.2. The summed E-state index contributed by atoms with van der Waals surface area (Å²) in [5, 5.41) is 0.639. The van der Waals surface area contributed by atoms with Crippen LogP contribution < -0.4 is 11.5 Å². The van der Waals surface area contributed by atoms with Crippen molar-refractivity contribution in [3.63, 3.8) is 0 Å². The molecule has 0 saturated carbocycles. The van der Waals surface area contributed by atoms with Gasteiger partial charge >= 0.3 is 0 Å². The Hall–Kier alpha value is -1.26. The molecule has 0 spiro atoms. The minimum absolute atomic E-state index is 0.189. The average Bonchev–Trinajstić information content (AvgIpc) is 2.72. The third-order valence-corrected chi connectivity index (χ3v) is 3.56. The number of carbonyl (C=O) groups excluding carboxylic acids is 1. The van der Waals surface area contributed by atoms with Gasteiger partial charge in [0.05, 0.1) is 6.04 Å². The Morgan fingerprint density at radius 2 is 2.29 bits per heavy atom. The molecule has 1 saturated heterocycles. The van der Waals surface area contributed by atoms with Crippen molar-refractivity contribution in [1.82, 2.24) is 4.90 Å². The van der Waals surface area contributed by atoms with Gasteiger partial charge in [-0.15, -0.1) is 0 Å². The molecule has 1 fully saturated rings. The number of hydrogen-bond acceptors (Lipinski definition) is 3. The van der Waals surface area contributed by atoms with Crippen LogP contribution in [0.15, 0.2) is 18.2 Å². The lowest BCUT2D eigenvalue weighted by molar-refractivity contribution is -0.122. The van der Waals surface area contributed by atoms with Gasteiger partial charge in [0.2, 0.25) is 5.91 Å². The Balaban J connectivity index is 2.18. The van der Waals surface area contributed by atoms with Gasteiger partial charge in [-0.3, -0.25) is 9.69 Å². The first-order valence-corrected chi connectivity index (χ1v) is 6.03. The number of primary amides is 1. The van der Waals surface area contributed by atoms with Crippen molar-refractivity contribution < 1.29 is 4.79 Å². The van der Waals surface area contributed by atoms with Gasteiger partial charge in [0.15, 0.2) is 0 Å². The molecular weight excluding hydrogens is 238 g/mol. The summed E-state index contributed by atoms with van der Waals surface area (Å²) >= 11 is 6.11. The Kier molecular flexibility index (Phi) is 3.54. The number of nitrogens with two attached hydrogens (primary N) is 2. The molecule has 1 aliphatic heterocycles. The van der Waals surface area contributed by atoms with Crippen LogP contribution in [0.3, 0.4) is 0 Å². The van der Waals surface area contributed by atoms with Crippen LogP contribution in [0.5, 0.6) is 0 Å². The molecule has 1 unspecified atom stereocenters. The number of nitrogen functional groups attached to an aromatic ring is 1. The van der Waals surface area contributed by atoms with Gasteiger partial charge in [-0.05, 0) is 31.5 Å². The van der Waals surface area contributed by atoms with Gasteiger partial charge in [-0.2, -0.15) is 0 Å². The molecular formula is C12H16ClN3O. The van der Waals surface area contributed by atoms with E-state index in [1.54, 1.807) is 0 Å². The number of anilines is 1. The molecule has 0 radical (unpaired) electrons. The lowest BCUT2D eigenvalue weighted by Crippen LogP contribution is -2.39. The van der Waals surface area contributed by atoms with E-state index in [1.165, 1.54) is 0 Å². The topological polar surface area (TPSA) is 72.4 Å². The molecule has 1 aliphatic rings. The molecule has 1 atom stereocenters.